The maximum absolute atomic E-state index is 12.9. The molecule has 2 aromatic heterocycles. The Morgan fingerprint density at radius 3 is 2.35 bits per heavy atom. The molecule has 0 saturated heterocycles. The first-order valence-corrected chi connectivity index (χ1v) is 10.6. The number of halogens is 2. The Balaban J connectivity index is 1.81. The Bertz CT molecular complexity index is 1470. The number of aryl methyl sites for hydroxylation is 1. The number of nitro benzene ring substituents is 1. The molecule has 0 unspecified atom stereocenters. The van der Waals surface area contributed by atoms with E-state index in [9.17, 15) is 14.9 Å². The van der Waals surface area contributed by atoms with Gasteiger partial charge in [-0.3, -0.25) is 10.1 Å². The lowest BCUT2D eigenvalue weighted by Crippen LogP contribution is -2.05. The standard InChI is InChI=1S/C23H17Cl2N3O6/c1-11-4-5-14(15(6-11)28(30)31)27-19-9-16-12(10-26-19)7-13(23(29)34-16)20-21(24)17(32-2)8-18(33-3)22(20)25/h4-10H,1-3H3,(H,26,27). The number of aromatic nitrogens is 1. The highest BCUT2D eigenvalue weighted by Crippen LogP contribution is 2.45. The van der Waals surface area contributed by atoms with E-state index in [1.165, 1.54) is 44.7 Å². The summed E-state index contributed by atoms with van der Waals surface area (Å²) < 4.78 is 16.0. The first kappa shape index (κ1) is 23.3. The van der Waals surface area contributed by atoms with E-state index < -0.39 is 10.5 Å². The first-order chi connectivity index (χ1) is 16.2. The summed E-state index contributed by atoms with van der Waals surface area (Å²) in [6.45, 7) is 1.76. The van der Waals surface area contributed by atoms with Crippen molar-refractivity contribution >= 4 is 51.4 Å². The summed E-state index contributed by atoms with van der Waals surface area (Å²) in [6.07, 6.45) is 1.46. The van der Waals surface area contributed by atoms with Crippen LogP contribution in [0.4, 0.5) is 17.2 Å². The molecule has 174 valence electrons. The Morgan fingerprint density at radius 2 is 1.74 bits per heavy atom. The minimum absolute atomic E-state index is 0.0939. The van der Waals surface area contributed by atoms with Gasteiger partial charge in [0.15, 0.2) is 0 Å². The Morgan fingerprint density at radius 1 is 1.06 bits per heavy atom. The average molecular weight is 502 g/mol. The zero-order valence-electron chi connectivity index (χ0n) is 18.1. The third-order valence-electron chi connectivity index (χ3n) is 5.07. The van der Waals surface area contributed by atoms with Gasteiger partial charge in [-0.2, -0.15) is 0 Å². The Kier molecular flexibility index (Phi) is 6.32. The third kappa shape index (κ3) is 4.23. The van der Waals surface area contributed by atoms with Crippen molar-refractivity contribution in [3.8, 4) is 22.6 Å². The molecule has 11 heteroatoms. The fraction of sp³-hybridized carbons (Fsp3) is 0.130. The molecule has 0 spiro atoms. The highest BCUT2D eigenvalue weighted by atomic mass is 35.5. The van der Waals surface area contributed by atoms with E-state index in [4.69, 9.17) is 37.1 Å². The van der Waals surface area contributed by atoms with Crippen molar-refractivity contribution in [1.82, 2.24) is 4.98 Å². The zero-order valence-corrected chi connectivity index (χ0v) is 19.7. The van der Waals surface area contributed by atoms with Crippen molar-refractivity contribution in [2.24, 2.45) is 0 Å². The fourth-order valence-corrected chi connectivity index (χ4v) is 4.12. The predicted octanol–water partition coefficient (Wildman–Crippen LogP) is 6.14. The van der Waals surface area contributed by atoms with Crippen molar-refractivity contribution in [3.63, 3.8) is 0 Å². The maximum atomic E-state index is 12.9. The number of hydrogen-bond donors (Lipinski definition) is 1. The molecule has 0 aliphatic rings. The second-order valence-corrected chi connectivity index (χ2v) is 8.00. The summed E-state index contributed by atoms with van der Waals surface area (Å²) in [7, 11) is 2.86. The van der Waals surface area contributed by atoms with Gasteiger partial charge in [0.25, 0.3) is 5.69 Å². The summed E-state index contributed by atoms with van der Waals surface area (Å²) in [5.41, 5.74) is 0.699. The second-order valence-electron chi connectivity index (χ2n) is 7.24. The zero-order chi connectivity index (χ0) is 24.6. The number of hydrogen-bond acceptors (Lipinski definition) is 8. The summed E-state index contributed by atoms with van der Waals surface area (Å²) in [5, 5.41) is 15.0. The highest BCUT2D eigenvalue weighted by molar-refractivity contribution is 6.41. The van der Waals surface area contributed by atoms with Gasteiger partial charge in [-0.05, 0) is 24.6 Å². The van der Waals surface area contributed by atoms with Gasteiger partial charge >= 0.3 is 5.63 Å². The highest BCUT2D eigenvalue weighted by Gasteiger charge is 2.22. The van der Waals surface area contributed by atoms with Crippen molar-refractivity contribution in [2.75, 3.05) is 19.5 Å². The lowest BCUT2D eigenvalue weighted by molar-refractivity contribution is -0.384. The number of rotatable bonds is 6. The van der Waals surface area contributed by atoms with Gasteiger partial charge in [-0.25, -0.2) is 9.78 Å². The molecule has 34 heavy (non-hydrogen) atoms. The monoisotopic (exact) mass is 501 g/mol. The molecule has 0 aliphatic carbocycles. The van der Waals surface area contributed by atoms with Crippen LogP contribution in [0.2, 0.25) is 10.0 Å². The van der Waals surface area contributed by atoms with Gasteiger partial charge in [0.2, 0.25) is 0 Å². The molecule has 0 aliphatic heterocycles. The molecule has 2 heterocycles. The quantitative estimate of drug-likeness (QED) is 0.247. The lowest BCUT2D eigenvalue weighted by Gasteiger charge is -2.14. The number of ether oxygens (including phenoxy) is 2. The summed E-state index contributed by atoms with van der Waals surface area (Å²) in [4.78, 5) is 28.1. The van der Waals surface area contributed by atoms with Crippen LogP contribution in [0, 0.1) is 17.0 Å². The normalized spacial score (nSPS) is 10.9. The van der Waals surface area contributed by atoms with Crippen LogP contribution in [-0.2, 0) is 0 Å². The van der Waals surface area contributed by atoms with Crippen LogP contribution in [0.3, 0.4) is 0 Å². The smallest absolute Gasteiger partial charge is 0.344 e. The van der Waals surface area contributed by atoms with Crippen LogP contribution in [0.15, 0.2) is 51.8 Å². The van der Waals surface area contributed by atoms with E-state index in [2.05, 4.69) is 10.3 Å². The van der Waals surface area contributed by atoms with Crippen LogP contribution >= 0.6 is 23.2 Å². The number of anilines is 2. The second kappa shape index (κ2) is 9.20. The minimum atomic E-state index is -0.704. The number of nitro groups is 1. The van der Waals surface area contributed by atoms with E-state index in [0.717, 1.165) is 5.56 Å². The van der Waals surface area contributed by atoms with E-state index >= 15 is 0 Å². The molecule has 0 atom stereocenters. The largest absolute Gasteiger partial charge is 0.495 e. The molecule has 2 aromatic carbocycles. The van der Waals surface area contributed by atoms with Gasteiger partial charge in [0.1, 0.15) is 28.6 Å². The number of pyridine rings is 1. The SMILES string of the molecule is COc1cc(OC)c(Cl)c(-c2cc3cnc(Nc4ccc(C)cc4[N+](=O)[O-])cc3oc2=O)c1Cl. The number of fused-ring (bicyclic) bond motifs is 1. The van der Waals surface area contributed by atoms with Crippen LogP contribution in [0.1, 0.15) is 5.56 Å². The van der Waals surface area contributed by atoms with Gasteiger partial charge in [0.05, 0.1) is 34.8 Å². The topological polar surface area (TPSA) is 117 Å². The molecule has 0 bridgehead atoms. The summed E-state index contributed by atoms with van der Waals surface area (Å²) >= 11 is 12.9. The van der Waals surface area contributed by atoms with E-state index in [1.54, 1.807) is 19.1 Å². The Labute approximate surface area is 203 Å². The Hall–Kier alpha value is -3.82. The maximum Gasteiger partial charge on any atom is 0.344 e. The van der Waals surface area contributed by atoms with Crippen molar-refractivity contribution in [3.05, 3.63) is 78.7 Å². The van der Waals surface area contributed by atoms with Gasteiger partial charge in [0, 0.05) is 35.3 Å². The van der Waals surface area contributed by atoms with Crippen molar-refractivity contribution in [2.45, 2.75) is 6.92 Å². The number of benzene rings is 2. The molecular formula is C23H17Cl2N3O6. The number of nitrogens with zero attached hydrogens (tertiary/aromatic N) is 2. The van der Waals surface area contributed by atoms with E-state index in [-0.39, 0.29) is 55.4 Å². The van der Waals surface area contributed by atoms with Gasteiger partial charge in [-0.15, -0.1) is 0 Å². The van der Waals surface area contributed by atoms with E-state index in [1.807, 2.05) is 0 Å². The van der Waals surface area contributed by atoms with Crippen LogP contribution in [0.25, 0.3) is 22.1 Å². The predicted molar refractivity (Wildman–Crippen MR) is 130 cm³/mol. The third-order valence-corrected chi connectivity index (χ3v) is 5.82. The minimum Gasteiger partial charge on any atom is -0.495 e. The van der Waals surface area contributed by atoms with Crippen molar-refractivity contribution in [1.29, 1.82) is 0 Å². The fourth-order valence-electron chi connectivity index (χ4n) is 3.41. The van der Waals surface area contributed by atoms with Crippen molar-refractivity contribution < 1.29 is 18.8 Å². The van der Waals surface area contributed by atoms with Gasteiger partial charge < -0.3 is 19.2 Å². The first-order valence-electron chi connectivity index (χ1n) is 9.79. The molecule has 1 N–H and O–H groups in total. The summed E-state index contributed by atoms with van der Waals surface area (Å²) in [6, 6.07) is 9.29. The number of methoxy groups -OCH3 is 2. The van der Waals surface area contributed by atoms with Gasteiger partial charge in [-0.1, -0.05) is 29.3 Å². The van der Waals surface area contributed by atoms with Crippen LogP contribution < -0.4 is 20.4 Å². The van der Waals surface area contributed by atoms with E-state index in [0.29, 0.717) is 5.39 Å². The lowest BCUT2D eigenvalue weighted by atomic mass is 10.1. The molecule has 0 saturated carbocycles. The van der Waals surface area contributed by atoms with Crippen LogP contribution in [-0.4, -0.2) is 24.1 Å². The molecule has 0 amide bonds. The molecule has 0 fully saturated rings. The van der Waals surface area contributed by atoms with Crippen LogP contribution in [0.5, 0.6) is 11.5 Å². The molecule has 4 aromatic rings. The molecular weight excluding hydrogens is 485 g/mol. The molecule has 0 radical (unpaired) electrons. The molecule has 9 nitrogen and oxygen atoms in total. The number of nitrogens with one attached hydrogen (secondary N) is 1. The molecule has 4 rings (SSSR count). The summed E-state index contributed by atoms with van der Waals surface area (Å²) in [5.74, 6) is 0.805. The average Bonchev–Trinajstić information content (AvgIpc) is 2.80.